The molecule has 8 heavy (non-hydrogen) atoms. The van der Waals surface area contributed by atoms with Crippen LogP contribution < -0.4 is 9.59 Å². The van der Waals surface area contributed by atoms with Gasteiger partial charge in [0, 0.05) is 0 Å². The molecule has 0 N–H and O–H groups in total. The van der Waals surface area contributed by atoms with E-state index in [1.54, 1.807) is 0 Å². The topological polar surface area (TPSA) is 81.7 Å². The van der Waals surface area contributed by atoms with Crippen molar-refractivity contribution in [3.05, 3.63) is 0 Å². The first-order valence-corrected chi connectivity index (χ1v) is 3.06. The van der Waals surface area contributed by atoms with Crippen LogP contribution in [0, 0.1) is 0 Å². The second-order valence-corrected chi connectivity index (χ2v) is 2.36. The van der Waals surface area contributed by atoms with E-state index >= 15 is 0 Å². The predicted molar refractivity (Wildman–Crippen MR) is 19.1 cm³/mol. The SMILES string of the molecule is O=C1O[Si]([O-])([O-])O1.[Mg+2]. The summed E-state index contributed by atoms with van der Waals surface area (Å²) in [4.78, 5) is 28.9. The van der Waals surface area contributed by atoms with Gasteiger partial charge < -0.3 is 18.4 Å². The van der Waals surface area contributed by atoms with Crippen molar-refractivity contribution in [2.24, 2.45) is 0 Å². The third kappa shape index (κ3) is 1.60. The molecule has 1 rings (SSSR count). The van der Waals surface area contributed by atoms with Crippen LogP contribution in [0.25, 0.3) is 0 Å². The van der Waals surface area contributed by atoms with Gasteiger partial charge in [-0.05, 0) is 0 Å². The van der Waals surface area contributed by atoms with Gasteiger partial charge in [-0.25, -0.2) is 4.79 Å². The second-order valence-electron chi connectivity index (χ2n) is 0.954. The molecule has 0 atom stereocenters. The Bertz CT molecular complexity index is 101. The van der Waals surface area contributed by atoms with Crippen LogP contribution in [-0.4, -0.2) is 38.3 Å². The Balaban J connectivity index is 0.000000490. The third-order valence-electron chi connectivity index (χ3n) is 0.417. The van der Waals surface area contributed by atoms with Crippen molar-refractivity contribution in [1.82, 2.24) is 0 Å². The summed E-state index contributed by atoms with van der Waals surface area (Å²) in [6, 6.07) is 0. The molecule has 40 valence electrons. The smallest absolute Gasteiger partial charge is 0.808 e. The number of hydrogen-bond donors (Lipinski definition) is 0. The molecule has 0 amide bonds. The molecular formula is CMgO5Si. The Morgan fingerprint density at radius 2 is 1.75 bits per heavy atom. The van der Waals surface area contributed by atoms with E-state index in [-0.39, 0.29) is 23.1 Å². The maximum Gasteiger partial charge on any atom is 2.00 e. The normalized spacial score (nSPS) is 21.5. The number of carbonyl (C=O) groups is 1. The first kappa shape index (κ1) is 8.17. The summed E-state index contributed by atoms with van der Waals surface area (Å²) in [6.45, 7) is 0. The summed E-state index contributed by atoms with van der Waals surface area (Å²) in [5.41, 5.74) is 0. The van der Waals surface area contributed by atoms with Crippen LogP contribution in [0.4, 0.5) is 4.79 Å². The Kier molecular flexibility index (Phi) is 2.24. The fraction of sp³-hybridized carbons (Fsp3) is 0. The summed E-state index contributed by atoms with van der Waals surface area (Å²) < 4.78 is 6.99. The second kappa shape index (κ2) is 2.19. The average molecular weight is 144 g/mol. The predicted octanol–water partition coefficient (Wildman–Crippen LogP) is -3.07. The van der Waals surface area contributed by atoms with E-state index in [0.29, 0.717) is 0 Å². The van der Waals surface area contributed by atoms with Crippen LogP contribution in [0.1, 0.15) is 0 Å². The molecule has 0 spiro atoms. The summed E-state index contributed by atoms with van der Waals surface area (Å²) in [5, 5.41) is 0. The summed E-state index contributed by atoms with van der Waals surface area (Å²) in [5.74, 6) is 0. The van der Waals surface area contributed by atoms with Gasteiger partial charge in [0.05, 0.1) is 0 Å². The van der Waals surface area contributed by atoms with E-state index in [2.05, 4.69) is 8.85 Å². The van der Waals surface area contributed by atoms with Crippen molar-refractivity contribution in [3.8, 4) is 0 Å². The van der Waals surface area contributed by atoms with Gasteiger partial charge >= 0.3 is 29.2 Å². The van der Waals surface area contributed by atoms with E-state index < -0.39 is 15.2 Å². The molecular weight excluding hydrogens is 144 g/mol. The Hall–Kier alpha value is 0.173. The fourth-order valence-electron chi connectivity index (χ4n) is 0.212. The summed E-state index contributed by atoms with van der Waals surface area (Å²) in [6.07, 6.45) is -1.14. The van der Waals surface area contributed by atoms with Gasteiger partial charge in [0.1, 0.15) is 0 Å². The van der Waals surface area contributed by atoms with Gasteiger partial charge in [-0.1, -0.05) is 0 Å². The molecule has 1 heterocycles. The maximum atomic E-state index is 9.69. The molecule has 0 aromatic carbocycles. The van der Waals surface area contributed by atoms with Crippen LogP contribution in [0.15, 0.2) is 0 Å². The number of rotatable bonds is 0. The van der Waals surface area contributed by atoms with Crippen molar-refractivity contribution in [3.63, 3.8) is 0 Å². The largest absolute Gasteiger partial charge is 2.00 e. The molecule has 5 nitrogen and oxygen atoms in total. The van der Waals surface area contributed by atoms with Crippen LogP contribution in [0.3, 0.4) is 0 Å². The zero-order valence-electron chi connectivity index (χ0n) is 3.75. The third-order valence-corrected chi connectivity index (χ3v) is 1.25. The van der Waals surface area contributed by atoms with Crippen LogP contribution >= 0.6 is 0 Å². The Morgan fingerprint density at radius 1 is 1.38 bits per heavy atom. The van der Waals surface area contributed by atoms with Gasteiger partial charge in [-0.2, -0.15) is 0 Å². The minimum Gasteiger partial charge on any atom is -0.808 e. The van der Waals surface area contributed by atoms with Crippen molar-refractivity contribution < 1.29 is 23.2 Å². The molecule has 0 saturated carbocycles. The first-order valence-electron chi connectivity index (χ1n) is 1.43. The molecule has 0 aliphatic carbocycles. The van der Waals surface area contributed by atoms with Crippen molar-refractivity contribution in [1.29, 1.82) is 0 Å². The van der Waals surface area contributed by atoms with Crippen LogP contribution in [-0.2, 0) is 8.85 Å². The molecule has 1 aliphatic rings. The quantitative estimate of drug-likeness (QED) is 0.337. The van der Waals surface area contributed by atoms with Crippen molar-refractivity contribution in [2.45, 2.75) is 0 Å². The van der Waals surface area contributed by atoms with E-state index in [1.165, 1.54) is 0 Å². The zero-order valence-corrected chi connectivity index (χ0v) is 6.16. The Morgan fingerprint density at radius 3 is 1.75 bits per heavy atom. The van der Waals surface area contributed by atoms with Gasteiger partial charge in [0.2, 0.25) is 0 Å². The van der Waals surface area contributed by atoms with E-state index in [0.717, 1.165) is 0 Å². The minimum absolute atomic E-state index is 0. The molecule has 0 aromatic heterocycles. The average Bonchev–Trinajstić information content (AvgIpc) is 1.27. The fourth-order valence-corrected chi connectivity index (χ4v) is 0.635. The van der Waals surface area contributed by atoms with Gasteiger partial charge in [0.15, 0.2) is 0 Å². The Labute approximate surface area is 61.9 Å². The van der Waals surface area contributed by atoms with Gasteiger partial charge in [0.25, 0.3) is 9.05 Å². The van der Waals surface area contributed by atoms with Crippen LogP contribution in [0.5, 0.6) is 0 Å². The number of carbonyl (C=O) groups excluding carboxylic acids is 1. The zero-order chi connectivity index (χ0) is 5.49. The molecule has 0 bridgehead atoms. The van der Waals surface area contributed by atoms with E-state index in [9.17, 15) is 14.4 Å². The monoisotopic (exact) mass is 144 g/mol. The molecule has 0 unspecified atom stereocenters. The van der Waals surface area contributed by atoms with Gasteiger partial charge in [-0.15, -0.1) is 0 Å². The molecule has 1 fully saturated rings. The molecule has 1 saturated heterocycles. The van der Waals surface area contributed by atoms with Crippen molar-refractivity contribution >= 4 is 38.3 Å². The van der Waals surface area contributed by atoms with E-state index in [1.807, 2.05) is 0 Å². The maximum absolute atomic E-state index is 9.69. The van der Waals surface area contributed by atoms with Gasteiger partial charge in [-0.3, -0.25) is 0 Å². The molecule has 7 heteroatoms. The van der Waals surface area contributed by atoms with E-state index in [4.69, 9.17) is 0 Å². The van der Waals surface area contributed by atoms with Crippen molar-refractivity contribution in [2.75, 3.05) is 0 Å². The standard InChI is InChI=1S/CO5Si.Mg/c2-1-5-7(3,4)6-1;/q-2;+2. The molecule has 0 aromatic rings. The molecule has 1 aliphatic heterocycles. The minimum atomic E-state index is -4.36. The first-order chi connectivity index (χ1) is 3.10. The summed E-state index contributed by atoms with van der Waals surface area (Å²) >= 11 is 0. The number of hydrogen-bond acceptors (Lipinski definition) is 5. The summed E-state index contributed by atoms with van der Waals surface area (Å²) in [7, 11) is -4.36. The van der Waals surface area contributed by atoms with Crippen LogP contribution in [0.2, 0.25) is 0 Å². The molecule has 0 radical (unpaired) electrons.